The van der Waals surface area contributed by atoms with Gasteiger partial charge in [0, 0.05) is 16.3 Å². The fourth-order valence-corrected chi connectivity index (χ4v) is 5.16. The van der Waals surface area contributed by atoms with E-state index < -0.39 is 17.7 Å². The maximum Gasteiger partial charge on any atom is 0.300 e. The normalized spacial score (nSPS) is 17.3. The van der Waals surface area contributed by atoms with Crippen molar-refractivity contribution in [2.24, 2.45) is 0 Å². The summed E-state index contributed by atoms with van der Waals surface area (Å²) in [6.07, 6.45) is 0. The Balaban J connectivity index is 1.96. The highest BCUT2D eigenvalue weighted by molar-refractivity contribution is 6.52. The molecule has 1 N–H and O–H groups in total. The number of aliphatic hydroxyl groups excluding tert-OH is 1. The van der Waals surface area contributed by atoms with Crippen molar-refractivity contribution in [3.63, 3.8) is 0 Å². The van der Waals surface area contributed by atoms with Crippen LogP contribution in [0.25, 0.3) is 5.76 Å². The molecule has 4 rings (SSSR count). The van der Waals surface area contributed by atoms with E-state index in [1.165, 1.54) is 4.90 Å². The molecule has 204 valence electrons. The summed E-state index contributed by atoms with van der Waals surface area (Å²) in [5.41, 5.74) is 4.50. The van der Waals surface area contributed by atoms with Gasteiger partial charge in [-0.05, 0) is 77.8 Å². The summed E-state index contributed by atoms with van der Waals surface area (Å²) in [4.78, 5) is 28.7. The first kappa shape index (κ1) is 28.4. The lowest BCUT2D eigenvalue weighted by molar-refractivity contribution is -0.132. The van der Waals surface area contributed by atoms with Gasteiger partial charge in [-0.15, -0.1) is 0 Å². The van der Waals surface area contributed by atoms with Crippen molar-refractivity contribution in [1.29, 1.82) is 0 Å². The molecule has 1 aliphatic rings. The first-order valence-corrected chi connectivity index (χ1v) is 13.7. The van der Waals surface area contributed by atoms with Gasteiger partial charge < -0.3 is 9.84 Å². The summed E-state index contributed by atoms with van der Waals surface area (Å²) >= 11 is 6.33. The quantitative estimate of drug-likeness (QED) is 0.193. The Morgan fingerprint density at radius 2 is 1.69 bits per heavy atom. The molecule has 1 saturated heterocycles. The number of amides is 1. The van der Waals surface area contributed by atoms with Gasteiger partial charge in [-0.25, -0.2) is 0 Å². The number of ether oxygens (including phenoxy) is 1. The van der Waals surface area contributed by atoms with Crippen LogP contribution in [0.3, 0.4) is 0 Å². The van der Waals surface area contributed by atoms with Gasteiger partial charge in [-0.1, -0.05) is 76.6 Å². The van der Waals surface area contributed by atoms with Crippen LogP contribution in [0.1, 0.15) is 81.3 Å². The lowest BCUT2D eigenvalue weighted by Crippen LogP contribution is -2.30. The van der Waals surface area contributed by atoms with Gasteiger partial charge in [0.2, 0.25) is 0 Å². The van der Waals surface area contributed by atoms with E-state index in [0.29, 0.717) is 22.9 Å². The Morgan fingerprint density at radius 3 is 2.28 bits per heavy atom. The van der Waals surface area contributed by atoms with Gasteiger partial charge in [0.25, 0.3) is 11.7 Å². The summed E-state index contributed by atoms with van der Waals surface area (Å²) in [5, 5.41) is 12.1. The molecule has 5 nitrogen and oxygen atoms in total. The third kappa shape index (κ3) is 5.46. The van der Waals surface area contributed by atoms with Crippen molar-refractivity contribution in [3.8, 4) is 5.75 Å². The van der Waals surface area contributed by atoms with Crippen molar-refractivity contribution < 1.29 is 19.4 Å². The number of carbonyl (C=O) groups excluding carboxylic acids is 2. The molecule has 0 bridgehead atoms. The highest BCUT2D eigenvalue weighted by Crippen LogP contribution is 2.44. The summed E-state index contributed by atoms with van der Waals surface area (Å²) in [6, 6.07) is 17.7. The smallest absolute Gasteiger partial charge is 0.300 e. The van der Waals surface area contributed by atoms with Gasteiger partial charge in [0.1, 0.15) is 11.5 Å². The van der Waals surface area contributed by atoms with Crippen LogP contribution < -0.4 is 9.64 Å². The molecule has 1 atom stereocenters. The van der Waals surface area contributed by atoms with Crippen LogP contribution in [0.4, 0.5) is 5.69 Å². The molecule has 1 amide bonds. The second-order valence-electron chi connectivity index (χ2n) is 11.3. The van der Waals surface area contributed by atoms with Crippen molar-refractivity contribution in [1.82, 2.24) is 0 Å². The number of anilines is 1. The number of hydrogen-bond donors (Lipinski definition) is 1. The first-order valence-electron chi connectivity index (χ1n) is 13.3. The minimum Gasteiger partial charge on any atom is -0.507 e. The van der Waals surface area contributed by atoms with Crippen LogP contribution in [0.5, 0.6) is 5.75 Å². The maximum atomic E-state index is 13.6. The Hall–Kier alpha value is -3.57. The van der Waals surface area contributed by atoms with Gasteiger partial charge in [-0.2, -0.15) is 0 Å². The van der Waals surface area contributed by atoms with E-state index in [1.807, 2.05) is 64.1 Å². The summed E-state index contributed by atoms with van der Waals surface area (Å²) in [6.45, 7) is 14.8. The van der Waals surface area contributed by atoms with Crippen LogP contribution >= 0.6 is 11.6 Å². The number of benzene rings is 3. The standard InChI is InChI=1S/C33H36ClNO4/c1-8-39-27-16-12-22(17-25(27)19(2)3)30(36)28-29(21-10-13-23(14-11-21)33(5,6)7)35(32(38)31(28)37)26-18-24(34)15-9-20(26)4/h9-19,29,36H,8H2,1-7H3/b30-28-. The SMILES string of the molecule is CCOc1ccc(/C(O)=C2/C(=O)C(=O)N(c3cc(Cl)ccc3C)C2c2ccc(C(C)(C)C)cc2)cc1C(C)C. The number of carbonyl (C=O) groups is 2. The van der Waals surface area contributed by atoms with Crippen LogP contribution in [0, 0.1) is 6.92 Å². The third-order valence-corrected chi connectivity index (χ3v) is 7.41. The minimum atomic E-state index is -0.828. The molecule has 1 aliphatic heterocycles. The largest absolute Gasteiger partial charge is 0.507 e. The zero-order valence-corrected chi connectivity index (χ0v) is 24.4. The fraction of sp³-hybridized carbons (Fsp3) is 0.333. The van der Waals surface area contributed by atoms with Gasteiger partial charge in [0.15, 0.2) is 0 Å². The number of Topliss-reactive ketones (excluding diaryl/α,β-unsaturated/α-hetero) is 1. The molecule has 39 heavy (non-hydrogen) atoms. The molecule has 1 heterocycles. The predicted octanol–water partition coefficient (Wildman–Crippen LogP) is 8.09. The number of nitrogens with zero attached hydrogens (tertiary/aromatic N) is 1. The van der Waals surface area contributed by atoms with Crippen molar-refractivity contribution in [2.75, 3.05) is 11.5 Å². The van der Waals surface area contributed by atoms with Gasteiger partial charge in [0.05, 0.1) is 18.2 Å². The Bertz CT molecular complexity index is 1450. The topological polar surface area (TPSA) is 66.8 Å². The Kier molecular flexibility index (Phi) is 7.94. The lowest BCUT2D eigenvalue weighted by Gasteiger charge is -2.28. The van der Waals surface area contributed by atoms with Gasteiger partial charge >= 0.3 is 0 Å². The molecular weight excluding hydrogens is 510 g/mol. The first-order chi connectivity index (χ1) is 18.3. The van der Waals surface area contributed by atoms with E-state index in [9.17, 15) is 14.7 Å². The monoisotopic (exact) mass is 545 g/mol. The highest BCUT2D eigenvalue weighted by Gasteiger charge is 2.47. The molecule has 6 heteroatoms. The number of halogens is 1. The van der Waals surface area contributed by atoms with E-state index in [0.717, 1.165) is 28.0 Å². The molecule has 3 aromatic rings. The number of ketones is 1. The summed E-state index contributed by atoms with van der Waals surface area (Å²) in [5.74, 6) is -0.811. The van der Waals surface area contributed by atoms with Crippen molar-refractivity contribution in [3.05, 3.63) is 99.1 Å². The third-order valence-electron chi connectivity index (χ3n) is 7.17. The Labute approximate surface area is 236 Å². The average molecular weight is 546 g/mol. The Morgan fingerprint density at radius 1 is 1.03 bits per heavy atom. The summed E-state index contributed by atoms with van der Waals surface area (Å²) in [7, 11) is 0. The van der Waals surface area contributed by atoms with E-state index in [1.54, 1.807) is 24.3 Å². The molecule has 0 aliphatic carbocycles. The highest BCUT2D eigenvalue weighted by atomic mass is 35.5. The van der Waals surface area contributed by atoms with E-state index in [-0.39, 0.29) is 22.7 Å². The van der Waals surface area contributed by atoms with E-state index in [2.05, 4.69) is 20.8 Å². The van der Waals surface area contributed by atoms with Crippen LogP contribution in [0.2, 0.25) is 5.02 Å². The number of rotatable bonds is 6. The molecule has 0 radical (unpaired) electrons. The zero-order valence-electron chi connectivity index (χ0n) is 23.6. The molecule has 0 saturated carbocycles. The van der Waals surface area contributed by atoms with Crippen molar-refractivity contribution in [2.45, 2.75) is 65.8 Å². The average Bonchev–Trinajstić information content (AvgIpc) is 3.15. The second-order valence-corrected chi connectivity index (χ2v) is 11.7. The van der Waals surface area contributed by atoms with Crippen LogP contribution in [-0.2, 0) is 15.0 Å². The van der Waals surface area contributed by atoms with E-state index in [4.69, 9.17) is 16.3 Å². The molecular formula is C33H36ClNO4. The fourth-order valence-electron chi connectivity index (χ4n) is 4.99. The molecule has 0 aromatic heterocycles. The summed E-state index contributed by atoms with van der Waals surface area (Å²) < 4.78 is 5.79. The number of aliphatic hydroxyl groups is 1. The predicted molar refractivity (Wildman–Crippen MR) is 158 cm³/mol. The second kappa shape index (κ2) is 10.9. The number of hydrogen-bond acceptors (Lipinski definition) is 4. The molecule has 0 spiro atoms. The van der Waals surface area contributed by atoms with Crippen LogP contribution in [0.15, 0.2) is 66.2 Å². The van der Waals surface area contributed by atoms with E-state index >= 15 is 0 Å². The van der Waals surface area contributed by atoms with Crippen molar-refractivity contribution >= 4 is 34.7 Å². The zero-order chi connectivity index (χ0) is 28.6. The molecule has 1 unspecified atom stereocenters. The van der Waals surface area contributed by atoms with Gasteiger partial charge in [-0.3, -0.25) is 14.5 Å². The minimum absolute atomic E-state index is 0.0433. The molecule has 1 fully saturated rings. The molecule has 3 aromatic carbocycles. The van der Waals surface area contributed by atoms with Crippen LogP contribution in [-0.4, -0.2) is 23.4 Å². The lowest BCUT2D eigenvalue weighted by atomic mass is 9.85. The number of aryl methyl sites for hydroxylation is 1. The maximum absolute atomic E-state index is 13.6.